The molecule has 1 aromatic rings. The first-order chi connectivity index (χ1) is 9.72. The zero-order valence-electron chi connectivity index (χ0n) is 11.8. The van der Waals surface area contributed by atoms with Crippen molar-refractivity contribution < 1.29 is 14.3 Å². The maximum Gasteiger partial charge on any atom is 0.203 e. The standard InChI is InChI=1S/C15H20N2O3/c1-16-4-6-17(7-5-16)8-9-19-12-2-3-13-14(18)11-20-15(13)10-12/h2-3,10H,4-9,11H2,1H3. The van der Waals surface area contributed by atoms with Crippen LogP contribution in [0.25, 0.3) is 0 Å². The van der Waals surface area contributed by atoms with Gasteiger partial charge in [-0.3, -0.25) is 9.69 Å². The van der Waals surface area contributed by atoms with E-state index >= 15 is 0 Å². The molecule has 0 aliphatic carbocycles. The molecule has 0 radical (unpaired) electrons. The van der Waals surface area contributed by atoms with Crippen molar-refractivity contribution in [3.05, 3.63) is 23.8 Å². The van der Waals surface area contributed by atoms with E-state index in [0.717, 1.165) is 38.5 Å². The quantitative estimate of drug-likeness (QED) is 0.817. The second kappa shape index (κ2) is 5.81. The van der Waals surface area contributed by atoms with Gasteiger partial charge in [-0.25, -0.2) is 0 Å². The summed E-state index contributed by atoms with van der Waals surface area (Å²) in [6, 6.07) is 5.44. The van der Waals surface area contributed by atoms with Crippen LogP contribution in [0.15, 0.2) is 18.2 Å². The number of fused-ring (bicyclic) bond motifs is 1. The van der Waals surface area contributed by atoms with Gasteiger partial charge in [0.2, 0.25) is 5.78 Å². The number of piperazine rings is 1. The molecule has 1 aromatic carbocycles. The molecule has 5 nitrogen and oxygen atoms in total. The Hall–Kier alpha value is -1.59. The minimum atomic E-state index is 0.0454. The highest BCUT2D eigenvalue weighted by molar-refractivity contribution is 6.02. The van der Waals surface area contributed by atoms with Gasteiger partial charge in [-0.1, -0.05) is 0 Å². The summed E-state index contributed by atoms with van der Waals surface area (Å²) in [5.41, 5.74) is 0.663. The van der Waals surface area contributed by atoms with Crippen LogP contribution in [0.5, 0.6) is 11.5 Å². The molecule has 2 aliphatic rings. The minimum absolute atomic E-state index is 0.0454. The molecule has 20 heavy (non-hydrogen) atoms. The SMILES string of the molecule is CN1CCN(CCOc2ccc3c(c2)OCC3=O)CC1. The van der Waals surface area contributed by atoms with Crippen LogP contribution in [0.1, 0.15) is 10.4 Å². The Morgan fingerprint density at radius 3 is 2.85 bits per heavy atom. The van der Waals surface area contributed by atoms with Gasteiger partial charge in [0.25, 0.3) is 0 Å². The molecule has 2 heterocycles. The van der Waals surface area contributed by atoms with Crippen LogP contribution in [0.3, 0.4) is 0 Å². The molecule has 0 N–H and O–H groups in total. The molecule has 0 amide bonds. The molecule has 0 saturated carbocycles. The summed E-state index contributed by atoms with van der Waals surface area (Å²) in [6.07, 6.45) is 0. The van der Waals surface area contributed by atoms with E-state index in [9.17, 15) is 4.79 Å². The molecule has 0 spiro atoms. The highest BCUT2D eigenvalue weighted by Crippen LogP contribution is 2.29. The third kappa shape index (κ3) is 2.94. The van der Waals surface area contributed by atoms with Gasteiger partial charge in [0, 0.05) is 38.8 Å². The van der Waals surface area contributed by atoms with Crippen LogP contribution in [0, 0.1) is 0 Å². The van der Waals surface area contributed by atoms with E-state index in [1.54, 1.807) is 6.07 Å². The maximum absolute atomic E-state index is 11.4. The maximum atomic E-state index is 11.4. The molecule has 2 aliphatic heterocycles. The summed E-state index contributed by atoms with van der Waals surface area (Å²) in [6.45, 7) is 6.19. The van der Waals surface area contributed by atoms with Crippen molar-refractivity contribution >= 4 is 5.78 Å². The number of ketones is 1. The molecule has 1 saturated heterocycles. The van der Waals surface area contributed by atoms with E-state index < -0.39 is 0 Å². The first-order valence-corrected chi connectivity index (χ1v) is 7.06. The molecular weight excluding hydrogens is 256 g/mol. The fourth-order valence-corrected chi connectivity index (χ4v) is 2.53. The van der Waals surface area contributed by atoms with Gasteiger partial charge in [-0.05, 0) is 19.2 Å². The van der Waals surface area contributed by atoms with E-state index in [2.05, 4.69) is 16.8 Å². The van der Waals surface area contributed by atoms with Crippen molar-refractivity contribution in [1.82, 2.24) is 9.80 Å². The average molecular weight is 276 g/mol. The highest BCUT2D eigenvalue weighted by Gasteiger charge is 2.21. The Morgan fingerprint density at radius 1 is 1.25 bits per heavy atom. The average Bonchev–Trinajstić information content (AvgIpc) is 2.82. The first-order valence-electron chi connectivity index (χ1n) is 7.06. The summed E-state index contributed by atoms with van der Waals surface area (Å²) in [7, 11) is 2.15. The molecular formula is C15H20N2O3. The predicted octanol–water partition coefficient (Wildman–Crippen LogP) is 0.888. The van der Waals surface area contributed by atoms with Gasteiger partial charge >= 0.3 is 0 Å². The molecule has 0 unspecified atom stereocenters. The third-order valence-electron chi connectivity index (χ3n) is 3.88. The third-order valence-corrected chi connectivity index (χ3v) is 3.88. The van der Waals surface area contributed by atoms with Crippen LogP contribution in [-0.2, 0) is 0 Å². The highest BCUT2D eigenvalue weighted by atomic mass is 16.5. The normalized spacial score (nSPS) is 19.8. The molecule has 3 rings (SSSR count). The van der Waals surface area contributed by atoms with E-state index in [1.165, 1.54) is 0 Å². The van der Waals surface area contributed by atoms with Crippen molar-refractivity contribution in [3.63, 3.8) is 0 Å². The molecule has 0 atom stereocenters. The zero-order valence-corrected chi connectivity index (χ0v) is 11.8. The summed E-state index contributed by atoms with van der Waals surface area (Å²) in [5.74, 6) is 1.46. The van der Waals surface area contributed by atoms with E-state index in [0.29, 0.717) is 17.9 Å². The Balaban J connectivity index is 1.48. The summed E-state index contributed by atoms with van der Waals surface area (Å²) >= 11 is 0. The topological polar surface area (TPSA) is 42.0 Å². The second-order valence-electron chi connectivity index (χ2n) is 5.36. The number of hydrogen-bond donors (Lipinski definition) is 0. The molecule has 0 aromatic heterocycles. The van der Waals surface area contributed by atoms with E-state index in [-0.39, 0.29) is 12.4 Å². The monoisotopic (exact) mass is 276 g/mol. The van der Waals surface area contributed by atoms with E-state index in [4.69, 9.17) is 9.47 Å². The number of benzene rings is 1. The van der Waals surface area contributed by atoms with Crippen LogP contribution in [-0.4, -0.2) is 68.6 Å². The summed E-state index contributed by atoms with van der Waals surface area (Å²) < 4.78 is 11.1. The van der Waals surface area contributed by atoms with E-state index in [1.807, 2.05) is 12.1 Å². The minimum Gasteiger partial charge on any atom is -0.492 e. The van der Waals surface area contributed by atoms with Crippen LogP contribution in [0.4, 0.5) is 0 Å². The predicted molar refractivity (Wildman–Crippen MR) is 75.7 cm³/mol. The lowest BCUT2D eigenvalue weighted by atomic mass is 10.1. The molecule has 108 valence electrons. The van der Waals surface area contributed by atoms with Gasteiger partial charge in [-0.2, -0.15) is 0 Å². The van der Waals surface area contributed by atoms with Crippen molar-refractivity contribution in [1.29, 1.82) is 0 Å². The van der Waals surface area contributed by atoms with Gasteiger partial charge in [0.1, 0.15) is 18.1 Å². The van der Waals surface area contributed by atoms with Gasteiger partial charge in [0.15, 0.2) is 6.61 Å². The number of ether oxygens (including phenoxy) is 2. The fourth-order valence-electron chi connectivity index (χ4n) is 2.53. The Labute approximate surface area is 119 Å². The largest absolute Gasteiger partial charge is 0.492 e. The van der Waals surface area contributed by atoms with Crippen LogP contribution < -0.4 is 9.47 Å². The summed E-state index contributed by atoms with van der Waals surface area (Å²) in [4.78, 5) is 16.2. The molecule has 5 heteroatoms. The van der Waals surface area contributed by atoms with Crippen molar-refractivity contribution in [2.45, 2.75) is 0 Å². The Morgan fingerprint density at radius 2 is 2.05 bits per heavy atom. The van der Waals surface area contributed by atoms with Crippen molar-refractivity contribution in [2.24, 2.45) is 0 Å². The second-order valence-corrected chi connectivity index (χ2v) is 5.36. The summed E-state index contributed by atoms with van der Waals surface area (Å²) in [5, 5.41) is 0. The number of Topliss-reactive ketones (excluding diaryl/α,β-unsaturated/α-hetero) is 1. The van der Waals surface area contributed by atoms with Gasteiger partial charge < -0.3 is 14.4 Å². The number of nitrogens with zero attached hydrogens (tertiary/aromatic N) is 2. The zero-order chi connectivity index (χ0) is 13.9. The number of carbonyl (C=O) groups is 1. The number of carbonyl (C=O) groups excluding carboxylic acids is 1. The van der Waals surface area contributed by atoms with Crippen molar-refractivity contribution in [2.75, 3.05) is 53.0 Å². The van der Waals surface area contributed by atoms with Gasteiger partial charge in [-0.15, -0.1) is 0 Å². The number of likely N-dealkylation sites (N-methyl/N-ethyl adjacent to an activating group) is 1. The first kappa shape index (κ1) is 13.4. The van der Waals surface area contributed by atoms with Crippen molar-refractivity contribution in [3.8, 4) is 11.5 Å². The van der Waals surface area contributed by atoms with Gasteiger partial charge in [0.05, 0.1) is 5.56 Å². The molecule has 0 bridgehead atoms. The number of hydrogen-bond acceptors (Lipinski definition) is 5. The van der Waals surface area contributed by atoms with Crippen LogP contribution >= 0.6 is 0 Å². The lowest BCUT2D eigenvalue weighted by molar-refractivity contribution is 0.0961. The van der Waals surface area contributed by atoms with Crippen LogP contribution in [0.2, 0.25) is 0 Å². The molecule has 1 fully saturated rings. The lowest BCUT2D eigenvalue weighted by Crippen LogP contribution is -2.45. The number of rotatable bonds is 4. The Kier molecular flexibility index (Phi) is 3.89. The lowest BCUT2D eigenvalue weighted by Gasteiger charge is -2.32. The Bertz CT molecular complexity index is 496. The fraction of sp³-hybridized carbons (Fsp3) is 0.533. The smallest absolute Gasteiger partial charge is 0.203 e.